The minimum Gasteiger partial charge on any atom is -0.508 e. The number of Topliss-reactive ketones (excluding diaryl/α,β-unsaturated/α-hetero) is 2. The van der Waals surface area contributed by atoms with Crippen LogP contribution in [0.15, 0.2) is 47.2 Å². The number of phenols is 1. The molecule has 1 saturated carbocycles. The summed E-state index contributed by atoms with van der Waals surface area (Å²) in [5, 5.41) is 48.8. The van der Waals surface area contributed by atoms with Crippen LogP contribution in [0.1, 0.15) is 50.3 Å². The molecule has 4 atom stereocenters. The number of carbonyl (C=O) groups is 3. The Morgan fingerprint density at radius 1 is 1.14 bits per heavy atom. The Hall–Kier alpha value is -4.15. The fourth-order valence-corrected chi connectivity index (χ4v) is 7.22. The number of nitrogens with one attached hydrogen (secondary N) is 1. The summed E-state index contributed by atoms with van der Waals surface area (Å²) in [6.07, 6.45) is 1.24. The molecule has 2 aromatic rings. The molecular weight excluding hydrogens is 552 g/mol. The van der Waals surface area contributed by atoms with E-state index in [0.29, 0.717) is 23.4 Å². The smallest absolute Gasteiger partial charge is 0.255 e. The van der Waals surface area contributed by atoms with E-state index in [1.165, 1.54) is 6.07 Å². The van der Waals surface area contributed by atoms with E-state index in [0.717, 1.165) is 24.1 Å². The van der Waals surface area contributed by atoms with Crippen molar-refractivity contribution in [2.75, 3.05) is 13.7 Å². The molecule has 0 unspecified atom stereocenters. The number of ketones is 2. The van der Waals surface area contributed by atoms with Gasteiger partial charge in [-0.05, 0) is 72.5 Å². The van der Waals surface area contributed by atoms with Gasteiger partial charge in [0.05, 0.1) is 12.7 Å². The van der Waals surface area contributed by atoms with Crippen molar-refractivity contribution in [1.82, 2.24) is 5.32 Å². The lowest BCUT2D eigenvalue weighted by Crippen LogP contribution is -2.62. The number of amides is 1. The van der Waals surface area contributed by atoms with Crippen molar-refractivity contribution in [3.05, 3.63) is 63.9 Å². The Kier molecular flexibility index (Phi) is 7.87. The number of aliphatic hydroxyl groups is 3. The SMILES string of the molecule is CCCNCc1ccc(OC)c(-c2ccc(O)c3c2C[C@H]2C[C@H]4[C@H](C(C)C)C(=O)C(C(N)=O)=C(O)[C@@]4(O)C(=O)C2=C3O)c1. The van der Waals surface area contributed by atoms with Crippen LogP contribution in [0.3, 0.4) is 0 Å². The minimum atomic E-state index is -2.64. The first-order chi connectivity index (χ1) is 20.4. The van der Waals surface area contributed by atoms with E-state index in [4.69, 9.17) is 10.5 Å². The number of benzene rings is 2. The second-order valence-electron chi connectivity index (χ2n) is 12.0. The zero-order valence-electron chi connectivity index (χ0n) is 24.7. The number of hydrogen-bond acceptors (Lipinski definition) is 9. The van der Waals surface area contributed by atoms with Gasteiger partial charge in [0.1, 0.15) is 28.6 Å². The van der Waals surface area contributed by atoms with Crippen molar-refractivity contribution < 1.29 is 39.5 Å². The highest BCUT2D eigenvalue weighted by atomic mass is 16.5. The maximum absolute atomic E-state index is 14.1. The fourth-order valence-electron chi connectivity index (χ4n) is 7.22. The number of hydrogen-bond donors (Lipinski definition) is 6. The Morgan fingerprint density at radius 3 is 2.49 bits per heavy atom. The molecule has 0 aliphatic heterocycles. The highest BCUT2D eigenvalue weighted by Crippen LogP contribution is 2.55. The van der Waals surface area contributed by atoms with Gasteiger partial charge in [0.15, 0.2) is 11.4 Å². The van der Waals surface area contributed by atoms with Gasteiger partial charge in [-0.25, -0.2) is 0 Å². The van der Waals surface area contributed by atoms with Crippen LogP contribution in [0.4, 0.5) is 0 Å². The van der Waals surface area contributed by atoms with E-state index in [2.05, 4.69) is 12.2 Å². The van der Waals surface area contributed by atoms with Crippen molar-refractivity contribution in [3.63, 3.8) is 0 Å². The van der Waals surface area contributed by atoms with Crippen molar-refractivity contribution in [2.24, 2.45) is 29.4 Å². The van der Waals surface area contributed by atoms with Crippen LogP contribution in [-0.2, 0) is 27.3 Å². The molecule has 3 aliphatic rings. The summed E-state index contributed by atoms with van der Waals surface area (Å²) in [5.74, 6) is -7.36. The van der Waals surface area contributed by atoms with Gasteiger partial charge in [0.25, 0.3) is 5.91 Å². The molecule has 0 spiro atoms. The predicted molar refractivity (Wildman–Crippen MR) is 159 cm³/mol. The lowest BCUT2D eigenvalue weighted by atomic mass is 9.54. The second-order valence-corrected chi connectivity index (χ2v) is 12.0. The number of methoxy groups -OCH3 is 1. The Morgan fingerprint density at radius 2 is 1.86 bits per heavy atom. The molecule has 7 N–H and O–H groups in total. The molecule has 0 bridgehead atoms. The lowest BCUT2D eigenvalue weighted by molar-refractivity contribution is -0.155. The van der Waals surface area contributed by atoms with Gasteiger partial charge >= 0.3 is 0 Å². The van der Waals surface area contributed by atoms with Crippen LogP contribution in [0.25, 0.3) is 16.9 Å². The first kappa shape index (κ1) is 30.3. The Bertz CT molecular complexity index is 1590. The molecule has 1 amide bonds. The molecule has 228 valence electrons. The van der Waals surface area contributed by atoms with Crippen LogP contribution in [-0.4, -0.2) is 57.2 Å². The van der Waals surface area contributed by atoms with E-state index >= 15 is 0 Å². The third-order valence-electron chi connectivity index (χ3n) is 9.16. The Balaban J connectivity index is 1.69. The maximum Gasteiger partial charge on any atom is 0.255 e. The van der Waals surface area contributed by atoms with E-state index in [1.807, 2.05) is 18.2 Å². The molecule has 0 radical (unpaired) electrons. The average Bonchev–Trinajstić information content (AvgIpc) is 2.95. The third-order valence-corrected chi connectivity index (χ3v) is 9.16. The molecule has 0 heterocycles. The molecule has 2 aromatic carbocycles. The predicted octanol–water partition coefficient (Wildman–Crippen LogP) is 3.48. The molecule has 10 heteroatoms. The molecule has 0 aromatic heterocycles. The maximum atomic E-state index is 14.1. The van der Waals surface area contributed by atoms with E-state index in [-0.39, 0.29) is 29.7 Å². The quantitative estimate of drug-likeness (QED) is 0.198. The van der Waals surface area contributed by atoms with Crippen molar-refractivity contribution in [1.29, 1.82) is 0 Å². The van der Waals surface area contributed by atoms with Crippen molar-refractivity contribution >= 4 is 23.2 Å². The molecule has 3 aliphatic carbocycles. The number of nitrogens with two attached hydrogens (primary N) is 1. The average molecular weight is 591 g/mol. The third kappa shape index (κ3) is 4.60. The van der Waals surface area contributed by atoms with Gasteiger partial charge in [0, 0.05) is 29.5 Å². The topological polar surface area (TPSA) is 179 Å². The summed E-state index contributed by atoms with van der Waals surface area (Å²) in [4.78, 5) is 39.7. The number of fused-ring (bicyclic) bond motifs is 3. The van der Waals surface area contributed by atoms with Crippen LogP contribution in [0, 0.1) is 23.7 Å². The number of aromatic hydroxyl groups is 1. The summed E-state index contributed by atoms with van der Waals surface area (Å²) >= 11 is 0. The fraction of sp³-hybridized carbons (Fsp3) is 0.424. The highest BCUT2D eigenvalue weighted by Gasteiger charge is 2.64. The van der Waals surface area contributed by atoms with Gasteiger partial charge in [-0.3, -0.25) is 14.4 Å². The Labute approximate surface area is 249 Å². The van der Waals surface area contributed by atoms with Gasteiger partial charge in [-0.15, -0.1) is 0 Å². The molecule has 0 saturated heterocycles. The monoisotopic (exact) mass is 590 g/mol. The van der Waals surface area contributed by atoms with Gasteiger partial charge < -0.3 is 36.2 Å². The van der Waals surface area contributed by atoms with E-state index < -0.39 is 63.8 Å². The summed E-state index contributed by atoms with van der Waals surface area (Å²) in [7, 11) is 1.56. The molecule has 10 nitrogen and oxygen atoms in total. The summed E-state index contributed by atoms with van der Waals surface area (Å²) in [5.41, 5.74) is 4.87. The number of phenolic OH excluding ortho intramolecular Hbond substituents is 1. The summed E-state index contributed by atoms with van der Waals surface area (Å²) in [6, 6.07) is 8.97. The van der Waals surface area contributed by atoms with Gasteiger partial charge in [0.2, 0.25) is 5.78 Å². The highest BCUT2D eigenvalue weighted by molar-refractivity contribution is 6.23. The molecule has 43 heavy (non-hydrogen) atoms. The number of aliphatic hydroxyl groups excluding tert-OH is 2. The van der Waals surface area contributed by atoms with Crippen LogP contribution < -0.4 is 15.8 Å². The first-order valence-corrected chi connectivity index (χ1v) is 14.6. The largest absolute Gasteiger partial charge is 0.508 e. The van der Waals surface area contributed by atoms with Gasteiger partial charge in [-0.2, -0.15) is 0 Å². The molecule has 5 rings (SSSR count). The zero-order valence-corrected chi connectivity index (χ0v) is 24.7. The molecule has 1 fully saturated rings. The van der Waals surface area contributed by atoms with Gasteiger partial charge in [-0.1, -0.05) is 32.9 Å². The number of ether oxygens (including phenoxy) is 1. The van der Waals surface area contributed by atoms with Crippen LogP contribution >= 0.6 is 0 Å². The number of carbonyl (C=O) groups excluding carboxylic acids is 3. The van der Waals surface area contributed by atoms with E-state index in [9.17, 15) is 34.8 Å². The number of primary amides is 1. The first-order valence-electron chi connectivity index (χ1n) is 14.6. The van der Waals surface area contributed by atoms with Crippen LogP contribution in [0.2, 0.25) is 0 Å². The lowest BCUT2D eigenvalue weighted by Gasteiger charge is -2.50. The minimum absolute atomic E-state index is 0.0432. The standard InChI is InChI=1S/C33H38N2O8/c1-5-10-35-14-16-6-9-23(43-4)19(11-16)18-7-8-22(36)26-20(18)12-17-13-21-24(15(2)3)28(37)27(32(34)41)31(40)33(21,42)30(39)25(17)29(26)38/h6-9,11,15,17,21,24,35-36,38,40,42H,5,10,12-14H2,1-4H3,(H2,34,41)/t17-,21-,24-,33-/m0/s1. The van der Waals surface area contributed by atoms with Crippen molar-refractivity contribution in [2.45, 2.75) is 52.2 Å². The van der Waals surface area contributed by atoms with Crippen molar-refractivity contribution in [3.8, 4) is 22.6 Å². The normalized spacial score (nSPS) is 25.0. The van der Waals surface area contributed by atoms with Crippen LogP contribution in [0.5, 0.6) is 11.5 Å². The summed E-state index contributed by atoms with van der Waals surface area (Å²) < 4.78 is 5.68. The van der Waals surface area contributed by atoms with E-state index in [1.54, 1.807) is 27.0 Å². The second kappa shape index (κ2) is 11.2. The molecular formula is C33H38N2O8. The summed E-state index contributed by atoms with van der Waals surface area (Å²) in [6.45, 7) is 7.04. The number of rotatable bonds is 8. The zero-order chi connectivity index (χ0) is 31.4.